The number of isothiocyanates is 1. The van der Waals surface area contributed by atoms with Crippen molar-refractivity contribution in [3.8, 4) is 44.6 Å². The number of hydrogen-bond donors (Lipinski definition) is 1. The van der Waals surface area contributed by atoms with E-state index < -0.39 is 17.8 Å². The van der Waals surface area contributed by atoms with E-state index in [0.717, 1.165) is 34.3 Å². The van der Waals surface area contributed by atoms with Crippen molar-refractivity contribution in [2.75, 3.05) is 0 Å². The number of aromatic carboxylic acids is 1. The molecule has 6 heterocycles. The topological polar surface area (TPSA) is 138 Å². The summed E-state index contributed by atoms with van der Waals surface area (Å²) >= 11 is 5.35. The Bertz CT molecular complexity index is 1960. The second kappa shape index (κ2) is 17.2. The van der Waals surface area contributed by atoms with Gasteiger partial charge in [0.05, 0.1) is 34.0 Å². The predicted molar refractivity (Wildman–Crippen MR) is 172 cm³/mol. The molecule has 0 saturated heterocycles. The molecule has 6 aromatic heterocycles. The fourth-order valence-electron chi connectivity index (χ4n) is 3.94. The largest absolute Gasteiger partial charge is 2.00 e. The average molecular weight is 759 g/mol. The van der Waals surface area contributed by atoms with Crippen LogP contribution in [-0.2, 0) is 32.1 Å². The Morgan fingerprint density at radius 3 is 2.17 bits per heavy atom. The number of halogens is 3. The first-order valence-corrected chi connectivity index (χ1v) is 14.6. The second-order valence-corrected chi connectivity index (χ2v) is 10.5. The number of hydrogen-bond acceptors (Lipinski definition) is 8. The van der Waals surface area contributed by atoms with Crippen molar-refractivity contribution in [3.63, 3.8) is 0 Å². The Morgan fingerprint density at radius 2 is 1.55 bits per heavy atom. The number of nitrogens with zero attached hydrogens (tertiary/aromatic N) is 7. The zero-order valence-electron chi connectivity index (χ0n) is 24.2. The van der Waals surface area contributed by atoms with E-state index >= 15 is 0 Å². The van der Waals surface area contributed by atoms with Gasteiger partial charge >= 0.3 is 31.6 Å². The Kier molecular flexibility index (Phi) is 13.4. The van der Waals surface area contributed by atoms with Crippen LogP contribution in [-0.4, -0.2) is 41.3 Å². The first-order chi connectivity index (χ1) is 22.1. The summed E-state index contributed by atoms with van der Waals surface area (Å²) in [6.07, 6.45) is 1.19. The van der Waals surface area contributed by atoms with Crippen molar-refractivity contribution in [3.05, 3.63) is 119 Å². The van der Waals surface area contributed by atoms with Crippen LogP contribution in [0.25, 0.3) is 50.0 Å². The van der Waals surface area contributed by atoms with E-state index in [-0.39, 0.29) is 30.7 Å². The van der Waals surface area contributed by atoms with Crippen molar-refractivity contribution in [2.24, 2.45) is 0 Å². The van der Waals surface area contributed by atoms with Crippen LogP contribution in [0.15, 0.2) is 97.5 Å². The van der Waals surface area contributed by atoms with Gasteiger partial charge in [0.1, 0.15) is 5.69 Å². The second-order valence-electron chi connectivity index (χ2n) is 9.11. The van der Waals surface area contributed by atoms with E-state index in [9.17, 15) is 18.0 Å². The fourth-order valence-corrected chi connectivity index (χ4v) is 4.89. The van der Waals surface area contributed by atoms with Crippen molar-refractivity contribution < 1.29 is 42.6 Å². The monoisotopic (exact) mass is 759 g/mol. The third-order valence-electron chi connectivity index (χ3n) is 6.09. The van der Waals surface area contributed by atoms with E-state index in [0.29, 0.717) is 17.1 Å². The molecular weight excluding hydrogens is 737 g/mol. The van der Waals surface area contributed by atoms with Gasteiger partial charge in [-0.05, 0) is 78.7 Å². The number of alkyl halides is 3. The molecule has 15 heteroatoms. The molecule has 0 atom stereocenters. The minimum absolute atomic E-state index is 0. The minimum Gasteiger partial charge on any atom is -0.753 e. The Morgan fingerprint density at radius 1 is 0.894 bits per heavy atom. The molecule has 0 fully saturated rings. The van der Waals surface area contributed by atoms with E-state index in [1.54, 1.807) is 35.9 Å². The molecule has 0 saturated carbocycles. The van der Waals surface area contributed by atoms with Gasteiger partial charge in [-0.2, -0.15) is 18.3 Å². The number of pyridine rings is 4. The summed E-state index contributed by atoms with van der Waals surface area (Å²) < 4.78 is 37.7. The number of carboxylic acid groups (broad SMARTS) is 1. The number of carbonyl (C=O) groups is 1. The first-order valence-electron chi connectivity index (χ1n) is 13.4. The maximum atomic E-state index is 12.6. The number of thiocarbonyl (C=S) groups is 1. The van der Waals surface area contributed by atoms with Gasteiger partial charge in [0, 0.05) is 28.3 Å². The van der Waals surface area contributed by atoms with E-state index in [2.05, 4.69) is 49.3 Å². The SMILES string of the molecule is CCc1ccc(-c2ccnc(-c3cc(C(F)(F)F)n[n-]3)c2)s1.O=C(O)c1ccnc(-c2cccc(-c3ccccn3)n2)c1.[N-]=C=S.[Ru+2]. The van der Waals surface area contributed by atoms with Gasteiger partial charge in [0.2, 0.25) is 0 Å². The molecule has 0 bridgehead atoms. The van der Waals surface area contributed by atoms with Crippen LogP contribution in [0.1, 0.15) is 27.9 Å². The number of thiophene rings is 1. The van der Waals surface area contributed by atoms with Crippen molar-refractivity contribution >= 4 is 34.7 Å². The maximum absolute atomic E-state index is 12.6. The smallest absolute Gasteiger partial charge is 0.753 e. The van der Waals surface area contributed by atoms with Gasteiger partial charge < -0.3 is 20.7 Å². The Balaban J connectivity index is 0.000000232. The normalized spacial score (nSPS) is 10.3. The zero-order chi connectivity index (χ0) is 33.1. The van der Waals surface area contributed by atoms with Gasteiger partial charge in [0.25, 0.3) is 0 Å². The van der Waals surface area contributed by atoms with Crippen LogP contribution in [0.2, 0.25) is 0 Å². The molecule has 0 radical (unpaired) electrons. The molecule has 1 N–H and O–H groups in total. The molecule has 6 rings (SSSR count). The number of aryl methyl sites for hydroxylation is 1. The summed E-state index contributed by atoms with van der Waals surface area (Å²) in [6, 6.07) is 22.6. The summed E-state index contributed by atoms with van der Waals surface area (Å²) in [4.78, 5) is 30.3. The molecule has 9 nitrogen and oxygen atoms in total. The number of carboxylic acids is 1. The molecule has 0 amide bonds. The van der Waals surface area contributed by atoms with Gasteiger partial charge in [-0.15, -0.1) is 11.3 Å². The molecule has 0 unspecified atom stereocenters. The first kappa shape index (κ1) is 36.7. The third-order valence-corrected chi connectivity index (χ3v) is 7.37. The minimum atomic E-state index is -4.49. The zero-order valence-corrected chi connectivity index (χ0v) is 27.6. The summed E-state index contributed by atoms with van der Waals surface area (Å²) in [5.41, 5.74) is 3.21. The standard InChI is InChI=1S/C16H11N3O2.C15H11F3N3S.CNS.Ru/c20-16(21)11-7-9-18-15(10-11)14-6-3-5-13(19-14)12-4-1-2-8-17-12;1-2-10-3-4-13(22-10)9-5-6-19-11(7-9)12-8-14(21-20-12)15(16,17)18;2-1-3;/h1-10H,(H,20,21);3-8H,2H2,1H3;;/q;2*-1;+2. The number of aromatic nitrogens is 6. The van der Waals surface area contributed by atoms with Gasteiger partial charge in [0.15, 0.2) is 0 Å². The van der Waals surface area contributed by atoms with Crippen LogP contribution in [0.4, 0.5) is 13.2 Å². The fraction of sp³-hybridized carbons (Fsp3) is 0.0938. The van der Waals surface area contributed by atoms with Gasteiger partial charge in [-0.3, -0.25) is 15.0 Å². The maximum Gasteiger partial charge on any atom is 2.00 e. The summed E-state index contributed by atoms with van der Waals surface area (Å²) in [5, 5.41) is 24.2. The molecule has 0 spiro atoms. The molecule has 0 aliphatic rings. The molecule has 238 valence electrons. The van der Waals surface area contributed by atoms with E-state index in [4.69, 9.17) is 10.5 Å². The molecule has 47 heavy (non-hydrogen) atoms. The van der Waals surface area contributed by atoms with Crippen LogP contribution in [0.3, 0.4) is 0 Å². The van der Waals surface area contributed by atoms with Crippen LogP contribution in [0, 0.1) is 0 Å². The number of rotatable bonds is 6. The molecule has 0 aliphatic heterocycles. The van der Waals surface area contributed by atoms with Crippen LogP contribution in [0.5, 0.6) is 0 Å². The van der Waals surface area contributed by atoms with E-state index in [1.165, 1.54) is 28.4 Å². The average Bonchev–Trinajstić information content (AvgIpc) is 3.77. The van der Waals surface area contributed by atoms with Crippen molar-refractivity contribution in [1.29, 1.82) is 0 Å². The van der Waals surface area contributed by atoms with Gasteiger partial charge in [-0.25, -0.2) is 9.78 Å². The predicted octanol–water partition coefficient (Wildman–Crippen LogP) is 7.97. The molecule has 0 aliphatic carbocycles. The third kappa shape index (κ3) is 10.1. The Hall–Kier alpha value is -4.81. The van der Waals surface area contributed by atoms with E-state index in [1.807, 2.05) is 48.5 Å². The van der Waals surface area contributed by atoms with Crippen LogP contribution >= 0.6 is 23.6 Å². The Labute approximate surface area is 289 Å². The molecular formula is C32H22F3N7O2RuS2. The summed E-state index contributed by atoms with van der Waals surface area (Å²) in [6.45, 7) is 2.08. The molecule has 0 aromatic carbocycles. The summed E-state index contributed by atoms with van der Waals surface area (Å²) in [7, 11) is 0. The van der Waals surface area contributed by atoms with Gasteiger partial charge in [-0.1, -0.05) is 37.0 Å². The van der Waals surface area contributed by atoms with Crippen molar-refractivity contribution in [1.82, 2.24) is 30.1 Å². The quantitative estimate of drug-likeness (QED) is 0.102. The van der Waals surface area contributed by atoms with Crippen LogP contribution < -0.4 is 5.10 Å². The molecule has 6 aromatic rings. The summed E-state index contributed by atoms with van der Waals surface area (Å²) in [5.74, 6) is -0.987. The van der Waals surface area contributed by atoms with Crippen molar-refractivity contribution in [2.45, 2.75) is 19.5 Å².